The fourth-order valence-electron chi connectivity index (χ4n) is 3.86. The van der Waals surface area contributed by atoms with E-state index in [4.69, 9.17) is 16.6 Å². The Labute approximate surface area is 202 Å². The summed E-state index contributed by atoms with van der Waals surface area (Å²) >= 11 is 5.86. The molecular weight excluding hydrogens is 450 g/mol. The van der Waals surface area contributed by atoms with Gasteiger partial charge in [-0.2, -0.15) is 15.0 Å². The van der Waals surface area contributed by atoms with Crippen LogP contribution in [0.5, 0.6) is 0 Å². The summed E-state index contributed by atoms with van der Waals surface area (Å²) in [5.41, 5.74) is 4.71. The molecule has 0 aliphatic rings. The summed E-state index contributed by atoms with van der Waals surface area (Å²) in [4.78, 5) is 29.8. The first kappa shape index (κ1) is 23.1. The van der Waals surface area contributed by atoms with Crippen molar-refractivity contribution in [2.45, 2.75) is 33.6 Å². The monoisotopic (exact) mass is 471 g/mol. The Morgan fingerprint density at radius 3 is 2.50 bits per heavy atom. The number of carbonyl (C=O) groups excluding carboxylic acids is 2. The highest BCUT2D eigenvalue weighted by Crippen LogP contribution is 2.26. The first-order valence-corrected chi connectivity index (χ1v) is 11.1. The molecule has 0 radical (unpaired) electrons. The molecule has 1 amide bonds. The summed E-state index contributed by atoms with van der Waals surface area (Å²) in [5, 5.41) is 18.2. The second-order valence-corrected chi connectivity index (χ2v) is 8.62. The lowest BCUT2D eigenvalue weighted by Crippen LogP contribution is -2.17. The zero-order valence-corrected chi connectivity index (χ0v) is 19.8. The number of anilines is 1. The molecule has 0 unspecified atom stereocenters. The van der Waals surface area contributed by atoms with Crippen molar-refractivity contribution in [2.24, 2.45) is 0 Å². The molecule has 2 aromatic carbocycles. The van der Waals surface area contributed by atoms with Gasteiger partial charge in [-0.05, 0) is 68.3 Å². The minimum absolute atomic E-state index is 0.0232. The van der Waals surface area contributed by atoms with E-state index in [1.807, 2.05) is 26.8 Å². The number of amides is 1. The number of benzene rings is 2. The first-order chi connectivity index (χ1) is 16.3. The summed E-state index contributed by atoms with van der Waals surface area (Å²) in [5.74, 6) is 0.150. The lowest BCUT2D eigenvalue weighted by Gasteiger charge is -2.13. The molecule has 0 spiro atoms. The number of halogens is 1. The van der Waals surface area contributed by atoms with Crippen LogP contribution in [0.1, 0.15) is 45.5 Å². The van der Waals surface area contributed by atoms with Crippen LogP contribution in [0.15, 0.2) is 48.7 Å². The molecule has 2 heterocycles. The average Bonchev–Trinajstić information content (AvgIpc) is 3.21. The molecule has 2 aromatic heterocycles. The van der Waals surface area contributed by atoms with Crippen LogP contribution in [0.25, 0.3) is 16.7 Å². The van der Waals surface area contributed by atoms with Crippen LogP contribution in [-0.2, 0) is 4.79 Å². The smallest absolute Gasteiger partial charge is 0.226 e. The van der Waals surface area contributed by atoms with E-state index in [9.17, 15) is 14.9 Å². The Morgan fingerprint density at radius 2 is 1.79 bits per heavy atom. The van der Waals surface area contributed by atoms with Gasteiger partial charge in [0.15, 0.2) is 17.4 Å². The first-order valence-electron chi connectivity index (χ1n) is 10.7. The van der Waals surface area contributed by atoms with Crippen molar-refractivity contribution in [3.05, 3.63) is 81.5 Å². The van der Waals surface area contributed by atoms with Gasteiger partial charge in [0, 0.05) is 28.8 Å². The van der Waals surface area contributed by atoms with Crippen molar-refractivity contribution >= 4 is 40.0 Å². The summed E-state index contributed by atoms with van der Waals surface area (Å²) < 4.78 is 1.45. The lowest BCUT2D eigenvalue weighted by molar-refractivity contribution is -0.116. The summed E-state index contributed by atoms with van der Waals surface area (Å²) in [7, 11) is 0. The number of hydrogen-bond acceptors (Lipinski definition) is 5. The number of carbonyl (C=O) groups is 2. The van der Waals surface area contributed by atoms with E-state index < -0.39 is 5.91 Å². The maximum atomic E-state index is 12.7. The van der Waals surface area contributed by atoms with E-state index in [1.165, 1.54) is 10.9 Å². The van der Waals surface area contributed by atoms with E-state index in [0.717, 1.165) is 27.6 Å². The highest BCUT2D eigenvalue weighted by molar-refractivity contribution is 6.30. The third kappa shape index (κ3) is 4.68. The summed E-state index contributed by atoms with van der Waals surface area (Å²) in [6, 6.07) is 14.6. The number of Topliss-reactive ketones (excluding diaryl/α,β-unsaturated/α-hetero) is 1. The van der Waals surface area contributed by atoms with Gasteiger partial charge in [-0.15, -0.1) is 0 Å². The second kappa shape index (κ2) is 9.46. The molecule has 0 aliphatic heterocycles. The van der Waals surface area contributed by atoms with Crippen molar-refractivity contribution < 1.29 is 9.59 Å². The normalized spacial score (nSPS) is 10.8. The van der Waals surface area contributed by atoms with Crippen LogP contribution in [0, 0.1) is 32.1 Å². The van der Waals surface area contributed by atoms with Gasteiger partial charge >= 0.3 is 0 Å². The fraction of sp³-hybridized carbons (Fsp3) is 0.192. The largest absolute Gasteiger partial charge is 0.309 e. The topological polar surface area (TPSA) is 101 Å². The Hall–Kier alpha value is -4.02. The highest BCUT2D eigenvalue weighted by Gasteiger charge is 2.18. The molecule has 8 heteroatoms. The number of ketones is 1. The van der Waals surface area contributed by atoms with E-state index in [0.29, 0.717) is 16.4 Å². The van der Waals surface area contributed by atoms with Crippen molar-refractivity contribution in [2.75, 3.05) is 5.32 Å². The standard InChI is InChI=1S/C26H22ClN5O2/c1-15-10-17(3)25-21(11-15)16(2)12-23(30-25)32-26(19(13-28)14-29-32)31-24(34)9-8-22(33)18-4-6-20(27)7-5-18/h4-7,10-12,14H,8-9H2,1-3H3,(H,31,34). The van der Waals surface area contributed by atoms with Crippen molar-refractivity contribution in [1.82, 2.24) is 14.8 Å². The molecule has 7 nitrogen and oxygen atoms in total. The van der Waals surface area contributed by atoms with Crippen molar-refractivity contribution in [3.63, 3.8) is 0 Å². The van der Waals surface area contributed by atoms with E-state index >= 15 is 0 Å². The maximum Gasteiger partial charge on any atom is 0.226 e. The third-order valence-corrected chi connectivity index (χ3v) is 5.80. The molecule has 34 heavy (non-hydrogen) atoms. The molecular formula is C26H22ClN5O2. The number of aryl methyl sites for hydroxylation is 3. The van der Waals surface area contributed by atoms with Crippen LogP contribution in [-0.4, -0.2) is 26.5 Å². The number of aromatic nitrogens is 3. The Balaban J connectivity index is 1.59. The number of hydrogen-bond donors (Lipinski definition) is 1. The number of nitrogens with one attached hydrogen (secondary N) is 1. The summed E-state index contributed by atoms with van der Waals surface area (Å²) in [6.07, 6.45) is 1.37. The Bertz CT molecular complexity index is 1470. The molecule has 0 saturated heterocycles. The van der Waals surface area contributed by atoms with Crippen LogP contribution in [0.3, 0.4) is 0 Å². The molecule has 0 bridgehead atoms. The lowest BCUT2D eigenvalue weighted by atomic mass is 10.0. The predicted octanol–water partition coefficient (Wildman–Crippen LogP) is 5.47. The molecule has 0 aliphatic carbocycles. The van der Waals surface area contributed by atoms with E-state index in [1.54, 1.807) is 24.3 Å². The molecule has 170 valence electrons. The molecule has 0 atom stereocenters. The number of nitrogens with zero attached hydrogens (tertiary/aromatic N) is 4. The molecule has 1 N–H and O–H groups in total. The quantitative estimate of drug-likeness (QED) is 0.375. The molecule has 0 saturated carbocycles. The average molecular weight is 472 g/mol. The Kier molecular flexibility index (Phi) is 6.44. The number of nitriles is 1. The highest BCUT2D eigenvalue weighted by atomic mass is 35.5. The molecule has 4 rings (SSSR count). The van der Waals surface area contributed by atoms with Gasteiger partial charge in [0.2, 0.25) is 5.91 Å². The van der Waals surface area contributed by atoms with Crippen LogP contribution in [0.4, 0.5) is 5.82 Å². The van der Waals surface area contributed by atoms with Gasteiger partial charge in [-0.3, -0.25) is 9.59 Å². The second-order valence-electron chi connectivity index (χ2n) is 8.18. The van der Waals surface area contributed by atoms with E-state index in [-0.39, 0.29) is 30.0 Å². The van der Waals surface area contributed by atoms with Gasteiger partial charge in [-0.1, -0.05) is 23.2 Å². The fourth-order valence-corrected chi connectivity index (χ4v) is 3.99. The van der Waals surface area contributed by atoms with Crippen molar-refractivity contribution in [3.8, 4) is 11.9 Å². The zero-order chi connectivity index (χ0) is 24.4. The Morgan fingerprint density at radius 1 is 1.06 bits per heavy atom. The van der Waals surface area contributed by atoms with Gasteiger partial charge < -0.3 is 5.32 Å². The predicted molar refractivity (Wildman–Crippen MR) is 131 cm³/mol. The van der Waals surface area contributed by atoms with E-state index in [2.05, 4.69) is 28.6 Å². The maximum absolute atomic E-state index is 12.7. The minimum Gasteiger partial charge on any atom is -0.309 e. The zero-order valence-electron chi connectivity index (χ0n) is 19.0. The molecule has 0 fully saturated rings. The SMILES string of the molecule is Cc1cc(C)c2nc(-n3ncc(C#N)c3NC(=O)CCC(=O)c3ccc(Cl)cc3)cc(C)c2c1. The number of rotatable bonds is 6. The van der Waals surface area contributed by atoms with Gasteiger partial charge in [0.25, 0.3) is 0 Å². The van der Waals surface area contributed by atoms with Crippen LogP contribution < -0.4 is 5.32 Å². The summed E-state index contributed by atoms with van der Waals surface area (Å²) in [6.45, 7) is 6.02. The number of fused-ring (bicyclic) bond motifs is 1. The van der Waals surface area contributed by atoms with Gasteiger partial charge in [-0.25, -0.2) is 4.98 Å². The number of pyridine rings is 1. The van der Waals surface area contributed by atoms with Crippen LogP contribution in [0.2, 0.25) is 5.02 Å². The van der Waals surface area contributed by atoms with Crippen LogP contribution >= 0.6 is 11.6 Å². The third-order valence-electron chi connectivity index (χ3n) is 5.55. The van der Waals surface area contributed by atoms with Gasteiger partial charge in [0.1, 0.15) is 11.6 Å². The van der Waals surface area contributed by atoms with Crippen molar-refractivity contribution in [1.29, 1.82) is 5.26 Å². The van der Waals surface area contributed by atoms with Gasteiger partial charge in [0.05, 0.1) is 11.7 Å². The minimum atomic E-state index is -0.398. The molecule has 4 aromatic rings.